The standard InChI is InChI=1S/C9H16O3/c1-5-7(3)12-9(11-4)6(2)8(5)10/h5-7,9H,1-4H3/t5-,6-,7+,9-/m0/s1. The van der Waals surface area contributed by atoms with Crippen LogP contribution in [-0.2, 0) is 14.3 Å². The van der Waals surface area contributed by atoms with Gasteiger partial charge in [0.05, 0.1) is 12.0 Å². The predicted octanol–water partition coefficient (Wildman–Crippen LogP) is 1.22. The lowest BCUT2D eigenvalue weighted by Crippen LogP contribution is -2.45. The van der Waals surface area contributed by atoms with Crippen LogP contribution < -0.4 is 0 Å². The van der Waals surface area contributed by atoms with Crippen molar-refractivity contribution >= 4 is 5.78 Å². The molecule has 0 amide bonds. The molecule has 0 saturated carbocycles. The third-order valence-corrected chi connectivity index (χ3v) is 2.59. The van der Waals surface area contributed by atoms with Gasteiger partial charge in [-0.05, 0) is 6.92 Å². The lowest BCUT2D eigenvalue weighted by molar-refractivity contribution is -0.211. The molecule has 0 N–H and O–H groups in total. The van der Waals surface area contributed by atoms with Crippen molar-refractivity contribution in [1.29, 1.82) is 0 Å². The molecular formula is C9H16O3. The zero-order valence-electron chi connectivity index (χ0n) is 8.03. The second kappa shape index (κ2) is 3.54. The van der Waals surface area contributed by atoms with E-state index in [0.717, 1.165) is 0 Å². The molecule has 4 atom stereocenters. The molecule has 0 aromatic heterocycles. The fourth-order valence-electron chi connectivity index (χ4n) is 1.49. The summed E-state index contributed by atoms with van der Waals surface area (Å²) < 4.78 is 10.5. The monoisotopic (exact) mass is 172 g/mol. The quantitative estimate of drug-likeness (QED) is 0.596. The second-order valence-electron chi connectivity index (χ2n) is 3.43. The summed E-state index contributed by atoms with van der Waals surface area (Å²) in [6.45, 7) is 5.65. The molecule has 1 fully saturated rings. The van der Waals surface area contributed by atoms with Crippen LogP contribution in [0.1, 0.15) is 20.8 Å². The first-order valence-corrected chi connectivity index (χ1v) is 4.30. The maximum absolute atomic E-state index is 11.5. The Balaban J connectivity index is 2.70. The van der Waals surface area contributed by atoms with Crippen LogP contribution in [0.15, 0.2) is 0 Å². The minimum Gasteiger partial charge on any atom is -0.355 e. The fraction of sp³-hybridized carbons (Fsp3) is 0.889. The summed E-state index contributed by atoms with van der Waals surface area (Å²) >= 11 is 0. The molecule has 3 nitrogen and oxygen atoms in total. The molecule has 70 valence electrons. The summed E-state index contributed by atoms with van der Waals surface area (Å²) in [5.41, 5.74) is 0. The lowest BCUT2D eigenvalue weighted by Gasteiger charge is -2.35. The molecule has 1 heterocycles. The van der Waals surface area contributed by atoms with E-state index in [1.54, 1.807) is 7.11 Å². The highest BCUT2D eigenvalue weighted by atomic mass is 16.7. The van der Waals surface area contributed by atoms with Gasteiger partial charge in [0, 0.05) is 13.0 Å². The first kappa shape index (κ1) is 9.68. The van der Waals surface area contributed by atoms with Gasteiger partial charge in [-0.25, -0.2) is 0 Å². The molecule has 0 bridgehead atoms. The SMILES string of the molecule is CO[C@H]1O[C@H](C)[C@H](C)C(=O)[C@@H]1C. The minimum absolute atomic E-state index is 0.00796. The molecule has 1 aliphatic heterocycles. The van der Waals surface area contributed by atoms with Crippen LogP contribution in [0, 0.1) is 11.8 Å². The number of rotatable bonds is 1. The summed E-state index contributed by atoms with van der Waals surface area (Å²) in [4.78, 5) is 11.5. The number of ether oxygens (including phenoxy) is 2. The maximum Gasteiger partial charge on any atom is 0.166 e. The van der Waals surface area contributed by atoms with E-state index in [1.165, 1.54) is 0 Å². The van der Waals surface area contributed by atoms with Crippen LogP contribution >= 0.6 is 0 Å². The van der Waals surface area contributed by atoms with Gasteiger partial charge >= 0.3 is 0 Å². The van der Waals surface area contributed by atoms with Crippen LogP contribution in [0.2, 0.25) is 0 Å². The van der Waals surface area contributed by atoms with Gasteiger partial charge in [0.2, 0.25) is 0 Å². The highest BCUT2D eigenvalue weighted by Gasteiger charge is 2.38. The molecular weight excluding hydrogens is 156 g/mol. The molecule has 1 rings (SSSR count). The van der Waals surface area contributed by atoms with E-state index in [1.807, 2.05) is 20.8 Å². The van der Waals surface area contributed by atoms with Gasteiger partial charge in [-0.2, -0.15) is 0 Å². The molecule has 0 aromatic rings. The topological polar surface area (TPSA) is 35.5 Å². The Kier molecular flexibility index (Phi) is 2.85. The van der Waals surface area contributed by atoms with Crippen molar-refractivity contribution < 1.29 is 14.3 Å². The van der Waals surface area contributed by atoms with Gasteiger partial charge in [0.1, 0.15) is 5.78 Å². The average Bonchev–Trinajstić information content (AvgIpc) is 2.08. The first-order valence-electron chi connectivity index (χ1n) is 4.30. The van der Waals surface area contributed by atoms with Crippen molar-refractivity contribution in [2.24, 2.45) is 11.8 Å². The highest BCUT2D eigenvalue weighted by molar-refractivity contribution is 5.84. The molecule has 0 unspecified atom stereocenters. The van der Waals surface area contributed by atoms with Gasteiger partial charge in [0.15, 0.2) is 6.29 Å². The smallest absolute Gasteiger partial charge is 0.166 e. The molecule has 12 heavy (non-hydrogen) atoms. The van der Waals surface area contributed by atoms with E-state index in [-0.39, 0.29) is 30.0 Å². The van der Waals surface area contributed by atoms with Crippen LogP contribution in [0.4, 0.5) is 0 Å². The largest absolute Gasteiger partial charge is 0.355 e. The van der Waals surface area contributed by atoms with Gasteiger partial charge in [-0.1, -0.05) is 13.8 Å². The van der Waals surface area contributed by atoms with Crippen molar-refractivity contribution in [3.63, 3.8) is 0 Å². The Morgan fingerprint density at radius 1 is 1.25 bits per heavy atom. The fourth-order valence-corrected chi connectivity index (χ4v) is 1.49. The molecule has 0 spiro atoms. The number of Topliss-reactive ketones (excluding diaryl/α,β-unsaturated/α-hetero) is 1. The van der Waals surface area contributed by atoms with Crippen molar-refractivity contribution in [2.45, 2.75) is 33.2 Å². The first-order chi connectivity index (χ1) is 5.57. The Morgan fingerprint density at radius 3 is 2.33 bits per heavy atom. The molecule has 1 saturated heterocycles. The van der Waals surface area contributed by atoms with Crippen molar-refractivity contribution in [3.8, 4) is 0 Å². The number of hydrogen-bond donors (Lipinski definition) is 0. The Labute approximate surface area is 73.0 Å². The normalized spacial score (nSPS) is 43.2. The molecule has 0 radical (unpaired) electrons. The van der Waals surface area contributed by atoms with Crippen LogP contribution in [-0.4, -0.2) is 25.3 Å². The van der Waals surface area contributed by atoms with E-state index in [9.17, 15) is 4.79 Å². The predicted molar refractivity (Wildman–Crippen MR) is 44.7 cm³/mol. The van der Waals surface area contributed by atoms with Crippen molar-refractivity contribution in [1.82, 2.24) is 0 Å². The van der Waals surface area contributed by atoms with Gasteiger partial charge in [-0.15, -0.1) is 0 Å². The van der Waals surface area contributed by atoms with E-state index in [2.05, 4.69) is 0 Å². The number of methoxy groups -OCH3 is 1. The van der Waals surface area contributed by atoms with Gasteiger partial charge < -0.3 is 9.47 Å². The zero-order chi connectivity index (χ0) is 9.30. The average molecular weight is 172 g/mol. The summed E-state index contributed by atoms with van der Waals surface area (Å²) in [6.07, 6.45) is -0.387. The second-order valence-corrected chi connectivity index (χ2v) is 3.43. The number of carbonyl (C=O) groups excluding carboxylic acids is 1. The molecule has 0 aliphatic carbocycles. The van der Waals surface area contributed by atoms with Gasteiger partial charge in [-0.3, -0.25) is 4.79 Å². The van der Waals surface area contributed by atoms with Crippen LogP contribution in [0.25, 0.3) is 0 Å². The zero-order valence-corrected chi connectivity index (χ0v) is 8.03. The number of hydrogen-bond acceptors (Lipinski definition) is 3. The molecule has 1 aliphatic rings. The van der Waals surface area contributed by atoms with Gasteiger partial charge in [0.25, 0.3) is 0 Å². The third kappa shape index (κ3) is 1.52. The summed E-state index contributed by atoms with van der Waals surface area (Å²) in [5, 5.41) is 0. The van der Waals surface area contributed by atoms with Crippen molar-refractivity contribution in [2.75, 3.05) is 7.11 Å². The summed E-state index contributed by atoms with van der Waals surface area (Å²) in [7, 11) is 1.57. The van der Waals surface area contributed by atoms with E-state index < -0.39 is 0 Å². The Hall–Kier alpha value is -0.410. The minimum atomic E-state index is -0.358. The maximum atomic E-state index is 11.5. The lowest BCUT2D eigenvalue weighted by atomic mass is 9.88. The van der Waals surface area contributed by atoms with Crippen LogP contribution in [0.3, 0.4) is 0 Å². The van der Waals surface area contributed by atoms with E-state index in [4.69, 9.17) is 9.47 Å². The Morgan fingerprint density at radius 2 is 1.83 bits per heavy atom. The number of ketones is 1. The van der Waals surface area contributed by atoms with Crippen molar-refractivity contribution in [3.05, 3.63) is 0 Å². The third-order valence-electron chi connectivity index (χ3n) is 2.59. The molecule has 0 aromatic carbocycles. The highest BCUT2D eigenvalue weighted by Crippen LogP contribution is 2.26. The van der Waals surface area contributed by atoms with E-state index >= 15 is 0 Å². The number of carbonyl (C=O) groups is 1. The molecule has 3 heteroatoms. The Bertz CT molecular complexity index is 179. The summed E-state index contributed by atoms with van der Waals surface area (Å²) in [5.74, 6) is 0.0909. The van der Waals surface area contributed by atoms with Crippen LogP contribution in [0.5, 0.6) is 0 Å². The van der Waals surface area contributed by atoms with E-state index in [0.29, 0.717) is 0 Å². The summed E-state index contributed by atoms with van der Waals surface area (Å²) in [6, 6.07) is 0.